The van der Waals surface area contributed by atoms with Crippen LogP contribution in [0.5, 0.6) is 17.2 Å². The number of ketones is 1. The van der Waals surface area contributed by atoms with E-state index in [4.69, 9.17) is 4.74 Å². The van der Waals surface area contributed by atoms with E-state index in [9.17, 15) is 19.8 Å². The van der Waals surface area contributed by atoms with Crippen LogP contribution in [0.15, 0.2) is 48.8 Å². The van der Waals surface area contributed by atoms with Crippen LogP contribution in [-0.2, 0) is 17.6 Å². The van der Waals surface area contributed by atoms with Crippen LogP contribution in [0, 0.1) is 0 Å². The van der Waals surface area contributed by atoms with Gasteiger partial charge in [-0.2, -0.15) is 0 Å². The number of phenols is 2. The fourth-order valence-electron chi connectivity index (χ4n) is 4.35. The molecule has 2 aromatic carbocycles. The van der Waals surface area contributed by atoms with Crippen molar-refractivity contribution in [3.63, 3.8) is 0 Å². The molecule has 0 bridgehead atoms. The van der Waals surface area contributed by atoms with Crippen molar-refractivity contribution >= 4 is 17.6 Å². The van der Waals surface area contributed by atoms with E-state index >= 15 is 0 Å². The molecule has 2 N–H and O–H groups in total. The summed E-state index contributed by atoms with van der Waals surface area (Å²) < 4.78 is 5.15. The van der Waals surface area contributed by atoms with Crippen molar-refractivity contribution in [1.82, 2.24) is 14.9 Å². The van der Waals surface area contributed by atoms with E-state index < -0.39 is 5.78 Å². The highest BCUT2D eigenvalue weighted by Crippen LogP contribution is 2.35. The third-order valence-corrected chi connectivity index (χ3v) is 6.23. The number of hydrogen-bond donors (Lipinski definition) is 2. The number of benzene rings is 2. The number of aromatic hydroxyl groups is 2. The molecular formula is C26H28N4O5. The largest absolute Gasteiger partial charge is 0.508 e. The predicted molar refractivity (Wildman–Crippen MR) is 130 cm³/mol. The van der Waals surface area contributed by atoms with Gasteiger partial charge in [0.1, 0.15) is 17.2 Å². The van der Waals surface area contributed by atoms with Crippen LogP contribution in [0.2, 0.25) is 0 Å². The summed E-state index contributed by atoms with van der Waals surface area (Å²) in [4.78, 5) is 38.9. The van der Waals surface area contributed by atoms with E-state index in [1.807, 2.05) is 11.8 Å². The van der Waals surface area contributed by atoms with Gasteiger partial charge in [-0.15, -0.1) is 0 Å². The highest BCUT2D eigenvalue weighted by molar-refractivity contribution is 6.12. The third kappa shape index (κ3) is 5.03. The first-order valence-electron chi connectivity index (χ1n) is 11.5. The fourth-order valence-corrected chi connectivity index (χ4v) is 4.35. The second-order valence-electron chi connectivity index (χ2n) is 8.25. The Morgan fingerprint density at radius 3 is 2.23 bits per heavy atom. The predicted octanol–water partition coefficient (Wildman–Crippen LogP) is 2.58. The Hall–Kier alpha value is -4.14. The van der Waals surface area contributed by atoms with E-state index in [0.717, 1.165) is 0 Å². The van der Waals surface area contributed by atoms with Gasteiger partial charge < -0.3 is 24.7 Å². The second-order valence-corrected chi connectivity index (χ2v) is 8.25. The van der Waals surface area contributed by atoms with Gasteiger partial charge in [0.05, 0.1) is 19.1 Å². The van der Waals surface area contributed by atoms with Crippen LogP contribution in [0.1, 0.15) is 34.0 Å². The number of amides is 1. The zero-order chi connectivity index (χ0) is 24.9. The summed E-state index contributed by atoms with van der Waals surface area (Å²) in [6.07, 6.45) is 3.66. The summed E-state index contributed by atoms with van der Waals surface area (Å²) in [6, 6.07) is 9.45. The standard InChI is InChI=1S/C26H28N4O5/c1-3-19-20(15-23(33)29-11-13-30(14-12-29)26-27-9-4-10-28-26)24(22(32)16-21(19)31)25(34)17-5-7-18(35-2)8-6-17/h4-10,16,31-32H,3,11-15H2,1-2H3. The summed E-state index contributed by atoms with van der Waals surface area (Å²) in [5.74, 6) is 0.134. The normalized spacial score (nSPS) is 13.5. The average Bonchev–Trinajstić information content (AvgIpc) is 2.89. The Morgan fingerprint density at radius 2 is 1.63 bits per heavy atom. The number of piperazine rings is 1. The lowest BCUT2D eigenvalue weighted by atomic mass is 9.89. The van der Waals surface area contributed by atoms with Crippen LogP contribution in [-0.4, -0.2) is 70.1 Å². The topological polar surface area (TPSA) is 116 Å². The number of ether oxygens (including phenoxy) is 1. The van der Waals surface area contributed by atoms with Crippen molar-refractivity contribution in [2.24, 2.45) is 0 Å². The van der Waals surface area contributed by atoms with Gasteiger partial charge >= 0.3 is 0 Å². The highest BCUT2D eigenvalue weighted by Gasteiger charge is 2.28. The maximum absolute atomic E-state index is 13.4. The van der Waals surface area contributed by atoms with Crippen molar-refractivity contribution in [1.29, 1.82) is 0 Å². The van der Waals surface area contributed by atoms with Crippen molar-refractivity contribution in [3.8, 4) is 17.2 Å². The SMILES string of the molecule is CCc1c(O)cc(O)c(C(=O)c2ccc(OC)cc2)c1CC(=O)N1CCN(c2ncccn2)CC1. The molecule has 2 heterocycles. The number of methoxy groups -OCH3 is 1. The molecule has 9 heteroatoms. The van der Waals surface area contributed by atoms with Crippen LogP contribution in [0.25, 0.3) is 0 Å². The molecule has 0 atom stereocenters. The van der Waals surface area contributed by atoms with Crippen LogP contribution < -0.4 is 9.64 Å². The van der Waals surface area contributed by atoms with Gasteiger partial charge in [0.2, 0.25) is 11.9 Å². The summed E-state index contributed by atoms with van der Waals surface area (Å²) in [7, 11) is 1.53. The second kappa shape index (κ2) is 10.4. The van der Waals surface area contributed by atoms with E-state index in [0.29, 0.717) is 61.0 Å². The summed E-state index contributed by atoms with van der Waals surface area (Å²) in [6.45, 7) is 3.95. The first-order valence-corrected chi connectivity index (χ1v) is 11.5. The molecule has 1 aliphatic rings. The number of nitrogens with zero attached hydrogens (tertiary/aromatic N) is 4. The molecule has 0 saturated carbocycles. The molecule has 1 amide bonds. The Balaban J connectivity index is 1.58. The van der Waals surface area contributed by atoms with Crippen LogP contribution in [0.3, 0.4) is 0 Å². The van der Waals surface area contributed by atoms with Gasteiger partial charge in [-0.25, -0.2) is 9.97 Å². The first kappa shape index (κ1) is 24.0. The molecule has 1 fully saturated rings. The van der Waals surface area contributed by atoms with Gasteiger partial charge in [0.25, 0.3) is 0 Å². The number of phenolic OH excluding ortho intramolecular Hbond substituents is 2. The molecule has 182 valence electrons. The monoisotopic (exact) mass is 476 g/mol. The van der Waals surface area contributed by atoms with Crippen molar-refractivity contribution in [2.75, 3.05) is 38.2 Å². The molecule has 0 unspecified atom stereocenters. The minimum Gasteiger partial charge on any atom is -0.508 e. The van der Waals surface area contributed by atoms with Crippen molar-refractivity contribution in [3.05, 3.63) is 71.0 Å². The highest BCUT2D eigenvalue weighted by atomic mass is 16.5. The molecule has 1 aromatic heterocycles. The number of rotatable bonds is 7. The van der Waals surface area contributed by atoms with E-state index in [2.05, 4.69) is 9.97 Å². The fraction of sp³-hybridized carbons (Fsp3) is 0.308. The third-order valence-electron chi connectivity index (χ3n) is 6.23. The maximum atomic E-state index is 13.4. The van der Waals surface area contributed by atoms with Crippen molar-refractivity contribution in [2.45, 2.75) is 19.8 Å². The van der Waals surface area contributed by atoms with E-state index in [1.54, 1.807) is 47.6 Å². The number of aromatic nitrogens is 2. The molecule has 0 aliphatic carbocycles. The first-order chi connectivity index (χ1) is 16.9. The zero-order valence-corrected chi connectivity index (χ0v) is 19.8. The lowest BCUT2D eigenvalue weighted by Crippen LogP contribution is -2.49. The zero-order valence-electron chi connectivity index (χ0n) is 19.8. The van der Waals surface area contributed by atoms with Crippen LogP contribution >= 0.6 is 0 Å². The van der Waals surface area contributed by atoms with E-state index in [-0.39, 0.29) is 29.4 Å². The molecule has 0 spiro atoms. The van der Waals surface area contributed by atoms with Gasteiger partial charge in [0, 0.05) is 50.2 Å². The number of anilines is 1. The molecule has 35 heavy (non-hydrogen) atoms. The Bertz CT molecular complexity index is 1210. The van der Waals surface area contributed by atoms with E-state index in [1.165, 1.54) is 13.2 Å². The summed E-state index contributed by atoms with van der Waals surface area (Å²) in [5, 5.41) is 21.1. The smallest absolute Gasteiger partial charge is 0.227 e. The summed E-state index contributed by atoms with van der Waals surface area (Å²) >= 11 is 0. The van der Waals surface area contributed by atoms with Gasteiger partial charge in [-0.1, -0.05) is 6.92 Å². The number of carbonyl (C=O) groups is 2. The minimum atomic E-state index is -0.423. The molecule has 4 rings (SSSR count). The lowest BCUT2D eigenvalue weighted by molar-refractivity contribution is -0.130. The minimum absolute atomic E-state index is 0.0366. The molecule has 1 aliphatic heterocycles. The van der Waals surface area contributed by atoms with Gasteiger partial charge in [-0.3, -0.25) is 9.59 Å². The summed E-state index contributed by atoms with van der Waals surface area (Å²) in [5.41, 5.74) is 1.21. The average molecular weight is 477 g/mol. The van der Waals surface area contributed by atoms with Crippen molar-refractivity contribution < 1.29 is 24.5 Å². The Kier molecular flexibility index (Phi) is 7.14. The maximum Gasteiger partial charge on any atom is 0.227 e. The number of hydrogen-bond acceptors (Lipinski definition) is 8. The Labute approximate surface area is 203 Å². The van der Waals surface area contributed by atoms with Crippen LogP contribution in [0.4, 0.5) is 5.95 Å². The molecular weight excluding hydrogens is 448 g/mol. The molecule has 3 aromatic rings. The molecule has 0 radical (unpaired) electrons. The molecule has 9 nitrogen and oxygen atoms in total. The lowest BCUT2D eigenvalue weighted by Gasteiger charge is -2.35. The Morgan fingerprint density at radius 1 is 0.971 bits per heavy atom. The quantitative estimate of drug-likeness (QED) is 0.500. The van der Waals surface area contributed by atoms with Gasteiger partial charge in [-0.05, 0) is 47.9 Å². The van der Waals surface area contributed by atoms with Gasteiger partial charge in [0.15, 0.2) is 5.78 Å². The molecule has 1 saturated heterocycles. The number of carbonyl (C=O) groups excluding carboxylic acids is 2.